The number of anilines is 1. The van der Waals surface area contributed by atoms with Gasteiger partial charge < -0.3 is 10.1 Å². The molecule has 2 heterocycles. The quantitative estimate of drug-likeness (QED) is 0.662. The van der Waals surface area contributed by atoms with Crippen LogP contribution in [0.3, 0.4) is 0 Å². The van der Waals surface area contributed by atoms with Crippen LogP contribution in [0.4, 0.5) is 5.69 Å². The number of pyridine rings is 1. The van der Waals surface area contributed by atoms with Gasteiger partial charge in [-0.25, -0.2) is 4.98 Å². The van der Waals surface area contributed by atoms with Crippen LogP contribution in [0.2, 0.25) is 5.15 Å². The number of hydrogen-bond donors (Lipinski definition) is 1. The molecule has 72 valence electrons. The van der Waals surface area contributed by atoms with Crippen molar-refractivity contribution in [2.24, 2.45) is 0 Å². The number of carbonyl (C=O) groups is 1. The smallest absolute Gasteiger partial charge is 0.268 e. The maximum atomic E-state index is 11.6. The molecule has 1 amide bonds. The number of halogens is 1. The summed E-state index contributed by atoms with van der Waals surface area (Å²) in [5.74, 6) is 0.527. The minimum absolute atomic E-state index is 0.0766. The van der Waals surface area contributed by atoms with Crippen LogP contribution in [0, 0.1) is 0 Å². The second kappa shape index (κ2) is 2.39. The van der Waals surface area contributed by atoms with Gasteiger partial charge in [0.15, 0.2) is 11.4 Å². The van der Waals surface area contributed by atoms with Gasteiger partial charge in [0.05, 0.1) is 11.9 Å². The van der Waals surface area contributed by atoms with Crippen molar-refractivity contribution in [2.75, 3.05) is 5.32 Å². The van der Waals surface area contributed by atoms with E-state index in [0.717, 1.165) is 12.8 Å². The van der Waals surface area contributed by atoms with Crippen molar-refractivity contribution in [1.29, 1.82) is 0 Å². The van der Waals surface area contributed by atoms with E-state index in [9.17, 15) is 4.79 Å². The highest BCUT2D eigenvalue weighted by Gasteiger charge is 2.55. The lowest BCUT2D eigenvalue weighted by Gasteiger charge is -2.25. The summed E-state index contributed by atoms with van der Waals surface area (Å²) in [6, 6.07) is 1.59. The van der Waals surface area contributed by atoms with E-state index in [0.29, 0.717) is 16.6 Å². The van der Waals surface area contributed by atoms with E-state index in [1.165, 1.54) is 6.20 Å². The molecule has 0 bridgehead atoms. The van der Waals surface area contributed by atoms with Crippen LogP contribution >= 0.6 is 11.6 Å². The Labute approximate surface area is 85.2 Å². The third-order valence-corrected chi connectivity index (χ3v) is 2.71. The van der Waals surface area contributed by atoms with E-state index < -0.39 is 5.60 Å². The Balaban J connectivity index is 2.06. The summed E-state index contributed by atoms with van der Waals surface area (Å²) in [6.45, 7) is 0. The Hall–Kier alpha value is -1.29. The molecule has 1 spiro atoms. The number of amides is 1. The van der Waals surface area contributed by atoms with Gasteiger partial charge in [-0.05, 0) is 0 Å². The zero-order valence-electron chi connectivity index (χ0n) is 7.21. The average Bonchev–Trinajstić information content (AvgIpc) is 2.89. The highest BCUT2D eigenvalue weighted by atomic mass is 35.5. The van der Waals surface area contributed by atoms with E-state index in [-0.39, 0.29) is 5.91 Å². The van der Waals surface area contributed by atoms with Crippen LogP contribution in [-0.4, -0.2) is 16.5 Å². The summed E-state index contributed by atoms with van der Waals surface area (Å²) in [5, 5.41) is 3.11. The molecule has 1 N–H and O–H groups in total. The lowest BCUT2D eigenvalue weighted by atomic mass is 10.2. The molecule has 2 aliphatic rings. The van der Waals surface area contributed by atoms with Gasteiger partial charge in [0, 0.05) is 18.9 Å². The molecule has 1 aliphatic heterocycles. The maximum Gasteiger partial charge on any atom is 0.268 e. The molecule has 1 fully saturated rings. The number of hydrogen-bond acceptors (Lipinski definition) is 3. The second-order valence-electron chi connectivity index (χ2n) is 3.55. The number of nitrogens with zero attached hydrogens (tertiary/aromatic N) is 1. The molecular weight excluding hydrogens is 204 g/mol. The number of rotatable bonds is 0. The molecule has 0 unspecified atom stereocenters. The zero-order valence-corrected chi connectivity index (χ0v) is 7.97. The molecule has 5 heteroatoms. The van der Waals surface area contributed by atoms with Gasteiger partial charge in [-0.15, -0.1) is 0 Å². The number of nitrogens with one attached hydrogen (secondary N) is 1. The van der Waals surface area contributed by atoms with Crippen LogP contribution in [0.5, 0.6) is 5.75 Å². The highest BCUT2D eigenvalue weighted by Crippen LogP contribution is 2.46. The third kappa shape index (κ3) is 1.00. The van der Waals surface area contributed by atoms with Crippen LogP contribution in [-0.2, 0) is 4.79 Å². The molecular formula is C9H7ClN2O2. The Bertz CT molecular complexity index is 429. The number of carbonyl (C=O) groups excluding carboxylic acids is 1. The molecule has 0 saturated heterocycles. The molecule has 4 nitrogen and oxygen atoms in total. The van der Waals surface area contributed by atoms with E-state index in [2.05, 4.69) is 10.3 Å². The Kier molecular flexibility index (Phi) is 1.37. The fraction of sp³-hybridized carbons (Fsp3) is 0.333. The van der Waals surface area contributed by atoms with Crippen molar-refractivity contribution in [3.05, 3.63) is 17.4 Å². The minimum Gasteiger partial charge on any atom is -0.474 e. The monoisotopic (exact) mass is 210 g/mol. The third-order valence-electron chi connectivity index (χ3n) is 2.51. The van der Waals surface area contributed by atoms with Gasteiger partial charge >= 0.3 is 0 Å². The molecule has 1 aromatic rings. The predicted octanol–water partition coefficient (Wildman–Crippen LogP) is 1.60. The van der Waals surface area contributed by atoms with Crippen molar-refractivity contribution in [3.8, 4) is 5.75 Å². The number of fused-ring (bicyclic) bond motifs is 1. The van der Waals surface area contributed by atoms with E-state index in [1.54, 1.807) is 6.07 Å². The fourth-order valence-electron chi connectivity index (χ4n) is 1.53. The van der Waals surface area contributed by atoms with Crippen molar-refractivity contribution < 1.29 is 9.53 Å². The first-order valence-electron chi connectivity index (χ1n) is 4.36. The van der Waals surface area contributed by atoms with Crippen LogP contribution in [0.15, 0.2) is 12.3 Å². The van der Waals surface area contributed by atoms with Gasteiger partial charge in [0.25, 0.3) is 5.91 Å². The van der Waals surface area contributed by atoms with E-state index in [1.807, 2.05) is 0 Å². The molecule has 1 saturated carbocycles. The number of aromatic nitrogens is 1. The Morgan fingerprint density at radius 1 is 1.57 bits per heavy atom. The lowest BCUT2D eigenvalue weighted by Crippen LogP contribution is -2.39. The zero-order chi connectivity index (χ0) is 9.76. The van der Waals surface area contributed by atoms with Crippen LogP contribution in [0.1, 0.15) is 12.8 Å². The predicted molar refractivity (Wildman–Crippen MR) is 50.5 cm³/mol. The topological polar surface area (TPSA) is 51.2 Å². The van der Waals surface area contributed by atoms with Gasteiger partial charge in [0.1, 0.15) is 5.15 Å². The summed E-state index contributed by atoms with van der Waals surface area (Å²) in [6.07, 6.45) is 3.10. The summed E-state index contributed by atoms with van der Waals surface area (Å²) in [5.41, 5.74) is -0.00443. The lowest BCUT2D eigenvalue weighted by molar-refractivity contribution is -0.125. The van der Waals surface area contributed by atoms with Gasteiger partial charge in [-0.2, -0.15) is 0 Å². The first-order valence-corrected chi connectivity index (χ1v) is 4.73. The summed E-state index contributed by atoms with van der Waals surface area (Å²) < 4.78 is 5.56. The first kappa shape index (κ1) is 8.05. The molecule has 0 radical (unpaired) electrons. The molecule has 14 heavy (non-hydrogen) atoms. The van der Waals surface area contributed by atoms with Crippen molar-refractivity contribution >= 4 is 23.2 Å². The minimum atomic E-state index is -0.609. The largest absolute Gasteiger partial charge is 0.474 e. The molecule has 1 aliphatic carbocycles. The van der Waals surface area contributed by atoms with Gasteiger partial charge in [0.2, 0.25) is 0 Å². The van der Waals surface area contributed by atoms with Crippen LogP contribution < -0.4 is 10.1 Å². The standard InChI is InChI=1S/C9H7ClN2O2/c10-7-3-5-6(4-11-7)14-9(1-2-9)8(13)12-5/h3-4H,1-2H2,(H,12,13). The van der Waals surface area contributed by atoms with Gasteiger partial charge in [-0.3, -0.25) is 4.79 Å². The highest BCUT2D eigenvalue weighted by molar-refractivity contribution is 6.29. The van der Waals surface area contributed by atoms with Crippen molar-refractivity contribution in [3.63, 3.8) is 0 Å². The molecule has 3 rings (SSSR count). The summed E-state index contributed by atoms with van der Waals surface area (Å²) in [4.78, 5) is 15.5. The SMILES string of the molecule is O=C1Nc2cc(Cl)ncc2OC12CC2. The van der Waals surface area contributed by atoms with Crippen molar-refractivity contribution in [1.82, 2.24) is 4.98 Å². The Morgan fingerprint density at radius 2 is 2.36 bits per heavy atom. The van der Waals surface area contributed by atoms with Crippen LogP contribution in [0.25, 0.3) is 0 Å². The average molecular weight is 211 g/mol. The van der Waals surface area contributed by atoms with E-state index in [4.69, 9.17) is 16.3 Å². The molecule has 0 aromatic carbocycles. The summed E-state index contributed by atoms with van der Waals surface area (Å²) in [7, 11) is 0. The van der Waals surface area contributed by atoms with E-state index >= 15 is 0 Å². The fourth-order valence-corrected chi connectivity index (χ4v) is 1.69. The molecule has 0 atom stereocenters. The first-order chi connectivity index (χ1) is 6.70. The Morgan fingerprint density at radius 3 is 3.07 bits per heavy atom. The summed E-state index contributed by atoms with van der Waals surface area (Å²) >= 11 is 5.69. The normalized spacial score (nSPS) is 21.1. The molecule has 1 aromatic heterocycles. The number of ether oxygens (including phenoxy) is 1. The maximum absolute atomic E-state index is 11.6. The van der Waals surface area contributed by atoms with Gasteiger partial charge in [-0.1, -0.05) is 11.6 Å². The van der Waals surface area contributed by atoms with Crippen molar-refractivity contribution in [2.45, 2.75) is 18.4 Å². The second-order valence-corrected chi connectivity index (χ2v) is 3.94.